The van der Waals surface area contributed by atoms with Crippen LogP contribution in [0.15, 0.2) is 64.2 Å². The fraction of sp³-hybridized carbons (Fsp3) is 0.111. The van der Waals surface area contributed by atoms with E-state index in [-0.39, 0.29) is 10.4 Å². The summed E-state index contributed by atoms with van der Waals surface area (Å²) in [7, 11) is 0. The van der Waals surface area contributed by atoms with E-state index in [1.165, 1.54) is 11.6 Å². The Morgan fingerprint density at radius 3 is 2.35 bits per heavy atom. The van der Waals surface area contributed by atoms with Crippen molar-refractivity contribution in [1.82, 2.24) is 4.98 Å². The number of nitrogens with one attached hydrogen (secondary N) is 1. The predicted octanol–water partition coefficient (Wildman–Crippen LogP) is 3.35. The van der Waals surface area contributed by atoms with Crippen LogP contribution in [0.2, 0.25) is 0 Å². The lowest BCUT2D eigenvalue weighted by atomic mass is 10.1. The number of rotatable bonds is 4. The van der Waals surface area contributed by atoms with Crippen molar-refractivity contribution in [2.24, 2.45) is 0 Å². The summed E-state index contributed by atoms with van der Waals surface area (Å²) < 4.78 is 5.74. The van der Waals surface area contributed by atoms with E-state index in [0.29, 0.717) is 11.5 Å². The molecule has 3 rings (SSSR count). The first-order valence-electron chi connectivity index (χ1n) is 7.13. The second kappa shape index (κ2) is 6.62. The maximum absolute atomic E-state index is 11.4. The third kappa shape index (κ3) is 3.96. The summed E-state index contributed by atoms with van der Waals surface area (Å²) in [6.07, 6.45) is 0. The number of aryl methyl sites for hydroxylation is 1. The topological polar surface area (TPSA) is 59.2 Å². The van der Waals surface area contributed by atoms with E-state index in [9.17, 15) is 9.59 Å². The molecule has 3 aromatic rings. The summed E-state index contributed by atoms with van der Waals surface area (Å²) in [5.74, 6) is 0.742. The van der Waals surface area contributed by atoms with Crippen LogP contribution >= 0.6 is 11.3 Å². The fourth-order valence-electron chi connectivity index (χ4n) is 2.12. The molecule has 4 nitrogen and oxygen atoms in total. The van der Waals surface area contributed by atoms with Gasteiger partial charge in [-0.05, 0) is 42.3 Å². The molecule has 1 N–H and O–H groups in total. The van der Waals surface area contributed by atoms with Gasteiger partial charge in [-0.1, -0.05) is 41.2 Å². The third-order valence-electron chi connectivity index (χ3n) is 3.36. The Labute approximate surface area is 137 Å². The smallest absolute Gasteiger partial charge is 0.307 e. The molecule has 0 radical (unpaired) electrons. The Morgan fingerprint density at radius 2 is 1.70 bits per heavy atom. The highest BCUT2D eigenvalue weighted by Gasteiger charge is 2.03. The van der Waals surface area contributed by atoms with Gasteiger partial charge in [0.1, 0.15) is 12.4 Å². The number of aromatic amines is 1. The molecule has 0 aliphatic rings. The van der Waals surface area contributed by atoms with Gasteiger partial charge in [0, 0.05) is 10.9 Å². The van der Waals surface area contributed by atoms with E-state index in [2.05, 4.69) is 17.1 Å². The minimum atomic E-state index is -0.386. The lowest BCUT2D eigenvalue weighted by Gasteiger charge is -2.07. The van der Waals surface area contributed by atoms with Crippen molar-refractivity contribution in [3.05, 3.63) is 85.7 Å². The lowest BCUT2D eigenvalue weighted by molar-refractivity contribution is 0.306. The van der Waals surface area contributed by atoms with Gasteiger partial charge in [0.2, 0.25) is 0 Å². The average Bonchev–Trinajstić information content (AvgIpc) is 2.54. The van der Waals surface area contributed by atoms with Crippen molar-refractivity contribution in [3.8, 4) is 16.2 Å². The molecule has 0 aliphatic heterocycles. The SMILES string of the molecule is Cc1ccc(COc2ccc(-c3cc(=O)[nH]c(=O)s3)cc2)cc1. The fourth-order valence-corrected chi connectivity index (χ4v) is 2.89. The molecule has 0 unspecified atom stereocenters. The zero-order valence-corrected chi connectivity index (χ0v) is 13.4. The van der Waals surface area contributed by atoms with Crippen LogP contribution in [0, 0.1) is 6.92 Å². The first kappa shape index (κ1) is 15.2. The van der Waals surface area contributed by atoms with Gasteiger partial charge in [0.15, 0.2) is 0 Å². The van der Waals surface area contributed by atoms with Gasteiger partial charge < -0.3 is 4.74 Å². The van der Waals surface area contributed by atoms with Gasteiger partial charge in [0.25, 0.3) is 5.56 Å². The molecule has 0 aliphatic carbocycles. The highest BCUT2D eigenvalue weighted by atomic mass is 32.1. The van der Waals surface area contributed by atoms with Gasteiger partial charge in [-0.25, -0.2) is 0 Å². The molecule has 2 aromatic carbocycles. The van der Waals surface area contributed by atoms with Crippen LogP contribution in [0.1, 0.15) is 11.1 Å². The first-order chi connectivity index (χ1) is 11.1. The summed E-state index contributed by atoms with van der Waals surface area (Å²) in [6, 6.07) is 17.0. The molecular formula is C18H15NO3S. The molecule has 1 aromatic heterocycles. The quantitative estimate of drug-likeness (QED) is 0.800. The summed E-state index contributed by atoms with van der Waals surface area (Å²) >= 11 is 1.01. The molecule has 0 amide bonds. The minimum absolute atomic E-state index is 0.354. The van der Waals surface area contributed by atoms with Crippen LogP contribution in [0.5, 0.6) is 5.75 Å². The monoisotopic (exact) mass is 325 g/mol. The average molecular weight is 325 g/mol. The molecule has 0 bridgehead atoms. The number of hydrogen-bond donors (Lipinski definition) is 1. The molecule has 1 heterocycles. The number of H-pyrrole nitrogens is 1. The zero-order valence-electron chi connectivity index (χ0n) is 12.5. The summed E-state index contributed by atoms with van der Waals surface area (Å²) in [4.78, 5) is 25.2. The van der Waals surface area contributed by atoms with E-state index >= 15 is 0 Å². The van der Waals surface area contributed by atoms with Crippen molar-refractivity contribution in [1.29, 1.82) is 0 Å². The number of ether oxygens (including phenoxy) is 1. The molecule has 0 atom stereocenters. The standard InChI is InChI=1S/C18H15NO3S/c1-12-2-4-13(5-3-12)11-22-15-8-6-14(7-9-15)16-10-17(20)19-18(21)23-16/h2-10H,11H2,1H3,(H,19,20,21). The molecule has 116 valence electrons. The van der Waals surface area contributed by atoms with Crippen LogP contribution in [-0.4, -0.2) is 4.98 Å². The van der Waals surface area contributed by atoms with Gasteiger partial charge in [-0.3, -0.25) is 14.6 Å². The van der Waals surface area contributed by atoms with E-state index in [4.69, 9.17) is 4.74 Å². The van der Waals surface area contributed by atoms with E-state index in [0.717, 1.165) is 28.2 Å². The minimum Gasteiger partial charge on any atom is -0.489 e. The lowest BCUT2D eigenvalue weighted by Crippen LogP contribution is -2.14. The van der Waals surface area contributed by atoms with Crippen molar-refractivity contribution in [2.45, 2.75) is 13.5 Å². The van der Waals surface area contributed by atoms with Crippen molar-refractivity contribution >= 4 is 11.3 Å². The Hall–Kier alpha value is -2.66. The molecular weight excluding hydrogens is 310 g/mol. The number of hydrogen-bond acceptors (Lipinski definition) is 4. The maximum Gasteiger partial charge on any atom is 0.307 e. The highest BCUT2D eigenvalue weighted by Crippen LogP contribution is 2.23. The second-order valence-electron chi connectivity index (χ2n) is 5.19. The van der Waals surface area contributed by atoms with E-state index in [1.807, 2.05) is 43.3 Å². The van der Waals surface area contributed by atoms with Crippen LogP contribution in [0.25, 0.3) is 10.4 Å². The van der Waals surface area contributed by atoms with Crippen LogP contribution in [0.3, 0.4) is 0 Å². The zero-order chi connectivity index (χ0) is 16.2. The second-order valence-corrected chi connectivity index (χ2v) is 6.20. The Morgan fingerprint density at radius 1 is 1.00 bits per heavy atom. The maximum atomic E-state index is 11.4. The molecule has 5 heteroatoms. The summed E-state index contributed by atoms with van der Waals surface area (Å²) in [6.45, 7) is 2.55. The Kier molecular flexibility index (Phi) is 4.39. The molecule has 23 heavy (non-hydrogen) atoms. The van der Waals surface area contributed by atoms with Crippen molar-refractivity contribution in [3.63, 3.8) is 0 Å². The molecule has 0 fully saturated rings. The predicted molar refractivity (Wildman–Crippen MR) is 92.2 cm³/mol. The summed E-state index contributed by atoms with van der Waals surface area (Å²) in [5.41, 5.74) is 2.76. The first-order valence-corrected chi connectivity index (χ1v) is 7.95. The highest BCUT2D eigenvalue weighted by molar-refractivity contribution is 7.12. The van der Waals surface area contributed by atoms with Gasteiger partial charge >= 0.3 is 4.87 Å². The van der Waals surface area contributed by atoms with Crippen LogP contribution in [0.4, 0.5) is 0 Å². The van der Waals surface area contributed by atoms with Crippen molar-refractivity contribution < 1.29 is 4.74 Å². The third-order valence-corrected chi connectivity index (χ3v) is 4.22. The van der Waals surface area contributed by atoms with Gasteiger partial charge in [-0.15, -0.1) is 0 Å². The van der Waals surface area contributed by atoms with Gasteiger partial charge in [-0.2, -0.15) is 0 Å². The van der Waals surface area contributed by atoms with Gasteiger partial charge in [0.05, 0.1) is 0 Å². The van der Waals surface area contributed by atoms with Crippen LogP contribution in [-0.2, 0) is 6.61 Å². The normalized spacial score (nSPS) is 10.5. The number of aromatic nitrogens is 1. The molecule has 0 saturated carbocycles. The Balaban J connectivity index is 1.73. The van der Waals surface area contributed by atoms with Crippen molar-refractivity contribution in [2.75, 3.05) is 0 Å². The summed E-state index contributed by atoms with van der Waals surface area (Å²) in [5, 5.41) is 0. The molecule has 0 saturated heterocycles. The van der Waals surface area contributed by atoms with E-state index in [1.54, 1.807) is 0 Å². The molecule has 0 spiro atoms. The largest absolute Gasteiger partial charge is 0.489 e. The van der Waals surface area contributed by atoms with E-state index < -0.39 is 0 Å². The van der Waals surface area contributed by atoms with Crippen LogP contribution < -0.4 is 15.2 Å². The number of benzene rings is 2. The Bertz CT molecular complexity index is 880.